The third kappa shape index (κ3) is 5.57. The number of pyridine rings is 1. The topological polar surface area (TPSA) is 118 Å². The molecule has 4 aromatic rings. The van der Waals surface area contributed by atoms with Crippen LogP contribution in [0.5, 0.6) is 11.5 Å². The molecule has 0 bridgehead atoms. The fourth-order valence-electron chi connectivity index (χ4n) is 4.39. The van der Waals surface area contributed by atoms with Gasteiger partial charge in [0.25, 0.3) is 0 Å². The number of carbonyl (C=O) groups excluding carboxylic acids is 1. The van der Waals surface area contributed by atoms with E-state index in [1.807, 2.05) is 60.0 Å². The Bertz CT molecular complexity index is 1450. The Hall–Kier alpha value is -4.37. The van der Waals surface area contributed by atoms with Crippen molar-refractivity contribution >= 4 is 45.3 Å². The van der Waals surface area contributed by atoms with Gasteiger partial charge in [-0.3, -0.25) is 4.79 Å². The Morgan fingerprint density at radius 1 is 1.16 bits per heavy atom. The summed E-state index contributed by atoms with van der Waals surface area (Å²) in [6.45, 7) is 1.39. The Labute approximate surface area is 218 Å². The molecule has 37 heavy (non-hydrogen) atoms. The first-order valence-electron chi connectivity index (χ1n) is 11.9. The molecule has 2 amide bonds. The number of para-hydroxylation sites is 1. The van der Waals surface area contributed by atoms with Gasteiger partial charge in [0.1, 0.15) is 17.3 Å². The molecule has 188 valence electrons. The van der Waals surface area contributed by atoms with Gasteiger partial charge >= 0.3 is 6.09 Å². The standard InChI is InChI=1S/C28H26N4O4S/c29-27-25-23(19-6-9-22(10-7-19)36-21-4-2-1-3-5-21)17-37-26(25)20(15-31-27)8-11-24(33)30-14-18-12-13-32(16-18)28(34)35/h1-11,15,17-18H,12-14,16H2,(H2,29,31)(H,30,33)(H,34,35)/t18-/m0/s1. The molecule has 1 fully saturated rings. The van der Waals surface area contributed by atoms with Gasteiger partial charge in [-0.05, 0) is 53.6 Å². The Morgan fingerprint density at radius 3 is 2.65 bits per heavy atom. The molecule has 8 nitrogen and oxygen atoms in total. The molecule has 0 spiro atoms. The highest BCUT2D eigenvalue weighted by Gasteiger charge is 2.25. The van der Waals surface area contributed by atoms with Gasteiger partial charge in [0, 0.05) is 53.1 Å². The lowest BCUT2D eigenvalue weighted by Gasteiger charge is -2.12. The highest BCUT2D eigenvalue weighted by molar-refractivity contribution is 7.18. The molecule has 3 heterocycles. The van der Waals surface area contributed by atoms with E-state index in [1.54, 1.807) is 23.6 Å². The van der Waals surface area contributed by atoms with Crippen molar-refractivity contribution in [1.29, 1.82) is 0 Å². The second-order valence-corrected chi connectivity index (χ2v) is 9.73. The van der Waals surface area contributed by atoms with Gasteiger partial charge in [0.2, 0.25) is 5.91 Å². The largest absolute Gasteiger partial charge is 0.465 e. The van der Waals surface area contributed by atoms with Crippen molar-refractivity contribution in [3.05, 3.63) is 77.8 Å². The first-order chi connectivity index (χ1) is 18.0. The summed E-state index contributed by atoms with van der Waals surface area (Å²) < 4.78 is 6.84. The van der Waals surface area contributed by atoms with Crippen LogP contribution in [0.15, 0.2) is 72.3 Å². The van der Waals surface area contributed by atoms with Crippen LogP contribution in [-0.4, -0.2) is 46.6 Å². The second kappa shape index (κ2) is 10.7. The van der Waals surface area contributed by atoms with Crippen LogP contribution in [0.1, 0.15) is 12.0 Å². The molecule has 1 saturated heterocycles. The van der Waals surface area contributed by atoms with E-state index in [2.05, 4.69) is 10.3 Å². The number of amides is 2. The summed E-state index contributed by atoms with van der Waals surface area (Å²) in [6, 6.07) is 17.4. The molecule has 1 aliphatic rings. The number of nitrogens with one attached hydrogen (secondary N) is 1. The predicted octanol–water partition coefficient (Wildman–Crippen LogP) is 5.47. The molecule has 1 atom stereocenters. The van der Waals surface area contributed by atoms with E-state index in [-0.39, 0.29) is 11.8 Å². The quantitative estimate of drug-likeness (QED) is 0.282. The third-order valence-electron chi connectivity index (χ3n) is 6.33. The fourth-order valence-corrected chi connectivity index (χ4v) is 5.47. The Kier molecular flexibility index (Phi) is 7.04. The maximum Gasteiger partial charge on any atom is 0.407 e. The maximum absolute atomic E-state index is 12.4. The average molecular weight is 515 g/mol. The summed E-state index contributed by atoms with van der Waals surface area (Å²) in [7, 11) is 0. The van der Waals surface area contributed by atoms with Crippen molar-refractivity contribution < 1.29 is 19.4 Å². The third-order valence-corrected chi connectivity index (χ3v) is 7.36. The van der Waals surface area contributed by atoms with E-state index >= 15 is 0 Å². The van der Waals surface area contributed by atoms with Crippen molar-refractivity contribution in [2.45, 2.75) is 6.42 Å². The van der Waals surface area contributed by atoms with Crippen LogP contribution in [0.3, 0.4) is 0 Å². The Morgan fingerprint density at radius 2 is 1.92 bits per heavy atom. The minimum atomic E-state index is -0.916. The SMILES string of the molecule is Nc1ncc(C=CC(=O)NC[C@@H]2CCN(C(=O)O)C2)c2scc(-c3ccc(Oc4ccccc4)cc3)c12. The van der Waals surface area contributed by atoms with Gasteiger partial charge < -0.3 is 25.8 Å². The molecular formula is C28H26N4O4S. The van der Waals surface area contributed by atoms with Crippen molar-refractivity contribution in [2.75, 3.05) is 25.4 Å². The lowest BCUT2D eigenvalue weighted by Crippen LogP contribution is -2.31. The van der Waals surface area contributed by atoms with E-state index in [1.165, 1.54) is 11.0 Å². The average Bonchev–Trinajstić information content (AvgIpc) is 3.57. The molecule has 2 aromatic heterocycles. The zero-order valence-electron chi connectivity index (χ0n) is 20.0. The lowest BCUT2D eigenvalue weighted by molar-refractivity contribution is -0.116. The van der Waals surface area contributed by atoms with E-state index in [4.69, 9.17) is 15.6 Å². The number of rotatable bonds is 7. The van der Waals surface area contributed by atoms with Crippen LogP contribution in [0.25, 0.3) is 27.3 Å². The number of carbonyl (C=O) groups is 2. The molecule has 5 rings (SSSR count). The van der Waals surface area contributed by atoms with Crippen LogP contribution in [0.4, 0.5) is 10.6 Å². The van der Waals surface area contributed by atoms with Crippen molar-refractivity contribution in [3.63, 3.8) is 0 Å². The summed E-state index contributed by atoms with van der Waals surface area (Å²) >= 11 is 1.55. The molecule has 2 aromatic carbocycles. The number of fused-ring (bicyclic) bond motifs is 1. The van der Waals surface area contributed by atoms with Gasteiger partial charge in [-0.1, -0.05) is 30.3 Å². The first-order valence-corrected chi connectivity index (χ1v) is 12.8. The number of thiophene rings is 1. The van der Waals surface area contributed by atoms with Gasteiger partial charge in [-0.25, -0.2) is 9.78 Å². The number of ether oxygens (including phenoxy) is 1. The zero-order valence-corrected chi connectivity index (χ0v) is 20.8. The molecule has 4 N–H and O–H groups in total. The summed E-state index contributed by atoms with van der Waals surface area (Å²) in [6.07, 6.45) is 4.71. The van der Waals surface area contributed by atoms with Gasteiger partial charge in [-0.15, -0.1) is 11.3 Å². The van der Waals surface area contributed by atoms with Crippen molar-refractivity contribution in [2.24, 2.45) is 5.92 Å². The molecule has 1 aliphatic heterocycles. The zero-order chi connectivity index (χ0) is 25.8. The highest BCUT2D eigenvalue weighted by Crippen LogP contribution is 2.39. The molecule has 0 unspecified atom stereocenters. The number of hydrogen-bond donors (Lipinski definition) is 3. The number of nitrogen functional groups attached to an aromatic ring is 1. The highest BCUT2D eigenvalue weighted by atomic mass is 32.1. The number of carboxylic acid groups (broad SMARTS) is 1. The van der Waals surface area contributed by atoms with Crippen LogP contribution in [0, 0.1) is 5.92 Å². The monoisotopic (exact) mass is 514 g/mol. The van der Waals surface area contributed by atoms with Crippen molar-refractivity contribution in [1.82, 2.24) is 15.2 Å². The minimum Gasteiger partial charge on any atom is -0.465 e. The number of benzene rings is 2. The molecule has 0 radical (unpaired) electrons. The first kappa shape index (κ1) is 24.3. The summed E-state index contributed by atoms with van der Waals surface area (Å²) in [5.74, 6) is 1.84. The molecule has 9 heteroatoms. The van der Waals surface area contributed by atoms with E-state index in [0.717, 1.165) is 44.7 Å². The maximum atomic E-state index is 12.4. The predicted molar refractivity (Wildman–Crippen MR) is 146 cm³/mol. The number of nitrogens with zero attached hydrogens (tertiary/aromatic N) is 2. The summed E-state index contributed by atoms with van der Waals surface area (Å²) in [4.78, 5) is 29.2. The second-order valence-electron chi connectivity index (χ2n) is 8.85. The molecule has 0 aliphatic carbocycles. The Balaban J connectivity index is 1.28. The van der Waals surface area contributed by atoms with Gasteiger partial charge in [0.05, 0.1) is 0 Å². The van der Waals surface area contributed by atoms with E-state index in [9.17, 15) is 9.59 Å². The summed E-state index contributed by atoms with van der Waals surface area (Å²) in [5, 5.41) is 14.8. The van der Waals surface area contributed by atoms with Crippen LogP contribution >= 0.6 is 11.3 Å². The smallest absolute Gasteiger partial charge is 0.407 e. The minimum absolute atomic E-state index is 0.127. The van der Waals surface area contributed by atoms with Gasteiger partial charge in [-0.2, -0.15) is 0 Å². The number of anilines is 1. The number of nitrogens with two attached hydrogens (primary N) is 1. The summed E-state index contributed by atoms with van der Waals surface area (Å²) in [5.41, 5.74) is 9.03. The van der Waals surface area contributed by atoms with Gasteiger partial charge in [0.15, 0.2) is 0 Å². The van der Waals surface area contributed by atoms with Crippen LogP contribution in [-0.2, 0) is 4.79 Å². The van der Waals surface area contributed by atoms with Crippen molar-refractivity contribution in [3.8, 4) is 22.6 Å². The number of hydrogen-bond acceptors (Lipinski definition) is 6. The lowest BCUT2D eigenvalue weighted by atomic mass is 10.0. The number of aromatic nitrogens is 1. The van der Waals surface area contributed by atoms with E-state index in [0.29, 0.717) is 25.5 Å². The van der Waals surface area contributed by atoms with Crippen LogP contribution in [0.2, 0.25) is 0 Å². The normalized spacial score (nSPS) is 15.4. The molecular weight excluding hydrogens is 488 g/mol. The fraction of sp³-hybridized carbons (Fsp3) is 0.179. The van der Waals surface area contributed by atoms with E-state index < -0.39 is 6.09 Å². The molecule has 0 saturated carbocycles. The number of likely N-dealkylation sites (tertiary alicyclic amines) is 1. The van der Waals surface area contributed by atoms with Crippen LogP contribution < -0.4 is 15.8 Å².